The summed E-state index contributed by atoms with van der Waals surface area (Å²) in [4.78, 5) is 0. The van der Waals surface area contributed by atoms with Gasteiger partial charge in [0.15, 0.2) is 0 Å². The van der Waals surface area contributed by atoms with E-state index >= 15 is 0 Å². The molecule has 0 saturated heterocycles. The SMILES string of the molecule is CC1=[C-]C(C)(C)c2cc3c(cc21)-c1cc2c(cc1C3)C(C)(C)C=C2C.CCC1=[C-]C(CC)C=C1C(C)(C)C.Cc1cc[c-]cc1.Cl.Cl.[CH2]=[Zr].[CH3-]. The molecule has 7 rings (SSSR count). The summed E-state index contributed by atoms with van der Waals surface area (Å²) in [5.74, 6) is 0.573. The van der Waals surface area contributed by atoms with Gasteiger partial charge in [0, 0.05) is 5.41 Å². The Labute approximate surface area is 334 Å². The Bertz CT molecular complexity index is 1670. The molecule has 0 nitrogen and oxygen atoms in total. The van der Waals surface area contributed by atoms with Crippen LogP contribution in [0, 0.1) is 43.9 Å². The van der Waals surface area contributed by atoms with E-state index in [4.69, 9.17) is 0 Å². The third kappa shape index (κ3) is 9.68. The van der Waals surface area contributed by atoms with Gasteiger partial charge in [-0.05, 0) is 58.4 Å². The molecular formula is C47H60Cl2Zr-4. The van der Waals surface area contributed by atoms with Crippen LogP contribution in [-0.4, -0.2) is 4.21 Å². The number of halogens is 2. The molecule has 270 valence electrons. The fraction of sp³-hybridized carbons (Fsp3) is 0.404. The average molecular weight is 787 g/mol. The molecule has 0 aliphatic heterocycles. The van der Waals surface area contributed by atoms with Gasteiger partial charge >= 0.3 is 28.4 Å². The van der Waals surface area contributed by atoms with E-state index < -0.39 is 0 Å². The van der Waals surface area contributed by atoms with Gasteiger partial charge < -0.3 is 7.43 Å². The van der Waals surface area contributed by atoms with E-state index in [0.29, 0.717) is 11.3 Å². The van der Waals surface area contributed by atoms with Gasteiger partial charge in [-0.25, -0.2) is 11.1 Å². The van der Waals surface area contributed by atoms with Crippen molar-refractivity contribution < 1.29 is 24.2 Å². The van der Waals surface area contributed by atoms with E-state index in [0.717, 1.165) is 12.8 Å². The smallest absolute Gasteiger partial charge is 0.358 e. The van der Waals surface area contributed by atoms with E-state index in [9.17, 15) is 0 Å². The summed E-state index contributed by atoms with van der Waals surface area (Å²) in [7, 11) is 0. The first-order valence-electron chi connectivity index (χ1n) is 17.4. The molecule has 0 spiro atoms. The van der Waals surface area contributed by atoms with Crippen molar-refractivity contribution in [2.24, 2.45) is 11.3 Å². The Morgan fingerprint density at radius 1 is 0.820 bits per heavy atom. The average Bonchev–Trinajstić information content (AvgIpc) is 3.73. The van der Waals surface area contributed by atoms with Crippen molar-refractivity contribution in [3.05, 3.63) is 136 Å². The van der Waals surface area contributed by atoms with Gasteiger partial charge in [0.05, 0.1) is 0 Å². The van der Waals surface area contributed by atoms with Crippen LogP contribution in [0.5, 0.6) is 0 Å². The maximum atomic E-state index is 3.65. The molecule has 1 unspecified atom stereocenters. The van der Waals surface area contributed by atoms with Crippen LogP contribution in [0.15, 0.2) is 71.8 Å². The molecule has 3 aromatic carbocycles. The minimum Gasteiger partial charge on any atom is -0.358 e. The second-order valence-corrected chi connectivity index (χ2v) is 15.6. The first-order valence-corrected chi connectivity index (χ1v) is 19.1. The zero-order valence-corrected chi connectivity index (χ0v) is 37.1. The molecule has 0 amide bonds. The molecule has 3 heteroatoms. The fourth-order valence-electron chi connectivity index (χ4n) is 7.61. The quantitative estimate of drug-likeness (QED) is 0.178. The fourth-order valence-corrected chi connectivity index (χ4v) is 7.61. The van der Waals surface area contributed by atoms with Gasteiger partial charge in [0.1, 0.15) is 0 Å². The largest absolute Gasteiger partial charge is 0.358 e. The molecule has 1 atom stereocenters. The van der Waals surface area contributed by atoms with Gasteiger partial charge in [-0.2, -0.15) is 53.1 Å². The van der Waals surface area contributed by atoms with Crippen molar-refractivity contribution >= 4 is 40.2 Å². The molecule has 0 bridgehead atoms. The maximum Gasteiger partial charge on any atom is -0.358 e. The van der Waals surface area contributed by atoms with Crippen LogP contribution < -0.4 is 0 Å². The van der Waals surface area contributed by atoms with E-state index in [2.05, 4.69) is 142 Å². The molecule has 0 radical (unpaired) electrons. The van der Waals surface area contributed by atoms with Crippen LogP contribution in [0.1, 0.15) is 128 Å². The normalized spacial score (nSPS) is 17.5. The number of allylic oxidation sites excluding steroid dienone is 8. The van der Waals surface area contributed by atoms with Crippen molar-refractivity contribution in [3.8, 4) is 11.1 Å². The third-order valence-corrected chi connectivity index (χ3v) is 9.97. The van der Waals surface area contributed by atoms with E-state index in [1.807, 2.05) is 24.3 Å². The van der Waals surface area contributed by atoms with Crippen molar-refractivity contribution in [2.45, 2.75) is 113 Å². The number of aryl methyl sites for hydroxylation is 1. The monoisotopic (exact) mass is 784 g/mol. The molecule has 0 heterocycles. The minimum absolute atomic E-state index is 0. The van der Waals surface area contributed by atoms with Crippen LogP contribution in [0.2, 0.25) is 0 Å². The van der Waals surface area contributed by atoms with Crippen LogP contribution in [0.4, 0.5) is 0 Å². The molecule has 3 aromatic rings. The number of hydrogen-bond donors (Lipinski definition) is 0. The van der Waals surface area contributed by atoms with Gasteiger partial charge in [-0.1, -0.05) is 124 Å². The molecular weight excluding hydrogens is 727 g/mol. The first-order chi connectivity index (χ1) is 22.1. The summed E-state index contributed by atoms with van der Waals surface area (Å²) in [6, 6.07) is 20.6. The Balaban J connectivity index is 0.000000424. The Hall–Kier alpha value is -2.05. The van der Waals surface area contributed by atoms with Gasteiger partial charge in [0.2, 0.25) is 0 Å². The summed E-state index contributed by atoms with van der Waals surface area (Å²) in [5.41, 5.74) is 19.1. The molecule has 50 heavy (non-hydrogen) atoms. The summed E-state index contributed by atoms with van der Waals surface area (Å²) in [6.45, 7) is 27.0. The predicted octanol–water partition coefficient (Wildman–Crippen LogP) is 13.6. The van der Waals surface area contributed by atoms with Crippen LogP contribution >= 0.6 is 24.8 Å². The summed E-state index contributed by atoms with van der Waals surface area (Å²) < 4.78 is 3.34. The Kier molecular flexibility index (Phi) is 16.7. The molecule has 0 aromatic heterocycles. The van der Waals surface area contributed by atoms with E-state index in [1.54, 1.807) is 0 Å². The van der Waals surface area contributed by atoms with E-state index in [-0.39, 0.29) is 43.1 Å². The van der Waals surface area contributed by atoms with Crippen LogP contribution in [0.25, 0.3) is 22.3 Å². The van der Waals surface area contributed by atoms with Gasteiger partial charge in [-0.15, -0.1) is 36.4 Å². The third-order valence-electron chi connectivity index (χ3n) is 9.97. The molecule has 0 N–H and O–H groups in total. The zero-order chi connectivity index (χ0) is 34.9. The maximum absolute atomic E-state index is 3.65. The predicted molar refractivity (Wildman–Crippen MR) is 223 cm³/mol. The topological polar surface area (TPSA) is 0 Å². The van der Waals surface area contributed by atoms with E-state index in [1.165, 1.54) is 103 Å². The number of rotatable bonds is 2. The standard InChI is InChI=1S/C25H25.C13H21.C7H7.CH3.CH2.2ClH.Zr/c1-14-12-24(3,4)22-8-16-7-17-9-23-19(15(2)13-25(23,5)6)11-21(17)20(16)10-18(14)22;1-6-10-8-11(7-2)12(9-10)13(3,4)5;1-7-5-3-2-4-6-7;;;;;/h8-12H,7H2,1-6H3;9-10H,6-7H2,1-5H3;3-6H,1H3;1H3;1H2;2*1H;/q4*-1;;;;. The van der Waals surface area contributed by atoms with Gasteiger partial charge in [0.25, 0.3) is 0 Å². The van der Waals surface area contributed by atoms with Crippen molar-refractivity contribution in [3.63, 3.8) is 0 Å². The second-order valence-electron chi connectivity index (χ2n) is 15.6. The van der Waals surface area contributed by atoms with Crippen molar-refractivity contribution in [1.82, 2.24) is 0 Å². The van der Waals surface area contributed by atoms with Crippen LogP contribution in [-0.2, 0) is 41.5 Å². The molecule has 0 saturated carbocycles. The molecule has 4 aliphatic rings. The molecule has 4 aliphatic carbocycles. The Morgan fingerprint density at radius 2 is 1.36 bits per heavy atom. The number of fused-ring (bicyclic) bond motifs is 5. The Morgan fingerprint density at radius 3 is 1.82 bits per heavy atom. The van der Waals surface area contributed by atoms with Crippen molar-refractivity contribution in [1.29, 1.82) is 0 Å². The summed E-state index contributed by atoms with van der Waals surface area (Å²) in [5, 5.41) is 0. The summed E-state index contributed by atoms with van der Waals surface area (Å²) in [6.07, 6.45) is 15.4. The second kappa shape index (κ2) is 18.1. The first kappa shape index (κ1) is 46.0. The number of benzene rings is 3. The number of hydrogen-bond acceptors (Lipinski definition) is 0. The minimum atomic E-state index is 0. The summed E-state index contributed by atoms with van der Waals surface area (Å²) >= 11 is 1.30. The zero-order valence-electron chi connectivity index (χ0n) is 33.0. The van der Waals surface area contributed by atoms with Gasteiger partial charge in [-0.3, -0.25) is 12.2 Å². The van der Waals surface area contributed by atoms with Crippen molar-refractivity contribution in [2.75, 3.05) is 0 Å². The molecule has 0 fully saturated rings. The van der Waals surface area contributed by atoms with Crippen LogP contribution in [0.3, 0.4) is 0 Å².